The van der Waals surface area contributed by atoms with Crippen LogP contribution >= 0.6 is 0 Å². The third kappa shape index (κ3) is 3.29. The van der Waals surface area contributed by atoms with Crippen molar-refractivity contribution in [3.05, 3.63) is 35.1 Å². The third-order valence-corrected chi connectivity index (χ3v) is 4.05. The van der Waals surface area contributed by atoms with E-state index in [9.17, 15) is 14.0 Å². The van der Waals surface area contributed by atoms with Crippen LogP contribution in [0.15, 0.2) is 18.2 Å². The molecule has 1 heterocycles. The fourth-order valence-electron chi connectivity index (χ4n) is 2.92. The summed E-state index contributed by atoms with van der Waals surface area (Å²) in [5, 5.41) is 9.03. The van der Waals surface area contributed by atoms with Crippen LogP contribution in [-0.2, 0) is 4.79 Å². The molecule has 1 aromatic carbocycles. The Kier molecular flexibility index (Phi) is 4.54. The predicted octanol–water partition coefficient (Wildman–Crippen LogP) is 3.28. The molecule has 1 saturated heterocycles. The molecule has 4 nitrogen and oxygen atoms in total. The quantitative estimate of drug-likeness (QED) is 0.912. The molecule has 2 rings (SSSR count). The van der Waals surface area contributed by atoms with E-state index in [1.807, 2.05) is 20.8 Å². The second-order valence-corrected chi connectivity index (χ2v) is 6.85. The summed E-state index contributed by atoms with van der Waals surface area (Å²) < 4.78 is 14.4. The molecule has 0 bridgehead atoms. The van der Waals surface area contributed by atoms with Crippen molar-refractivity contribution < 1.29 is 19.1 Å². The van der Waals surface area contributed by atoms with Crippen molar-refractivity contribution >= 4 is 11.9 Å². The number of halogens is 1. The Morgan fingerprint density at radius 1 is 1.32 bits per heavy atom. The fourth-order valence-corrected chi connectivity index (χ4v) is 2.92. The molecule has 120 valence electrons. The van der Waals surface area contributed by atoms with E-state index < -0.39 is 17.2 Å². The van der Waals surface area contributed by atoms with E-state index in [0.29, 0.717) is 18.7 Å². The Labute approximate surface area is 129 Å². The molecule has 1 aliphatic rings. The summed E-state index contributed by atoms with van der Waals surface area (Å²) in [6, 6.07) is 4.45. The summed E-state index contributed by atoms with van der Waals surface area (Å²) in [7, 11) is 0. The average Bonchev–Trinajstić information content (AvgIpc) is 2.45. The minimum absolute atomic E-state index is 0.0481. The zero-order valence-corrected chi connectivity index (χ0v) is 13.2. The van der Waals surface area contributed by atoms with Crippen LogP contribution in [0.5, 0.6) is 0 Å². The van der Waals surface area contributed by atoms with Crippen molar-refractivity contribution in [1.82, 2.24) is 4.90 Å². The maximum Gasteiger partial charge on any atom is 0.338 e. The molecule has 0 aliphatic carbocycles. The van der Waals surface area contributed by atoms with Crippen molar-refractivity contribution in [2.75, 3.05) is 13.1 Å². The normalized spacial score (nSPS) is 19.1. The van der Waals surface area contributed by atoms with Gasteiger partial charge in [0.1, 0.15) is 5.82 Å². The van der Waals surface area contributed by atoms with Gasteiger partial charge in [0.05, 0.1) is 5.56 Å². The number of benzene rings is 1. The first-order chi connectivity index (χ1) is 10.2. The standard InChI is InChI=1S/C17H22FNO3/c1-17(2,3)16(22)19-9-5-6-11(10-19)12-7-4-8-13(14(12)18)15(20)21/h4,7-8,11H,5-6,9-10H2,1-3H3,(H,20,21)/t11-/m1/s1. The molecule has 1 atom stereocenters. The number of carboxylic acids is 1. The average molecular weight is 307 g/mol. The molecule has 1 amide bonds. The fraction of sp³-hybridized carbons (Fsp3) is 0.529. The summed E-state index contributed by atoms with van der Waals surface area (Å²) in [5.74, 6) is -2.05. The first-order valence-corrected chi connectivity index (χ1v) is 7.53. The van der Waals surface area contributed by atoms with Gasteiger partial charge in [-0.15, -0.1) is 0 Å². The number of nitrogens with zero attached hydrogens (tertiary/aromatic N) is 1. The minimum Gasteiger partial charge on any atom is -0.478 e. The first-order valence-electron chi connectivity index (χ1n) is 7.53. The van der Waals surface area contributed by atoms with Crippen molar-refractivity contribution in [1.29, 1.82) is 0 Å². The van der Waals surface area contributed by atoms with Crippen LogP contribution in [0.25, 0.3) is 0 Å². The molecule has 0 aromatic heterocycles. The highest BCUT2D eigenvalue weighted by molar-refractivity contribution is 5.88. The zero-order chi connectivity index (χ0) is 16.5. The van der Waals surface area contributed by atoms with Crippen LogP contribution in [0.1, 0.15) is 55.5 Å². The van der Waals surface area contributed by atoms with E-state index in [0.717, 1.165) is 12.8 Å². The third-order valence-electron chi connectivity index (χ3n) is 4.05. The minimum atomic E-state index is -1.27. The molecule has 5 heteroatoms. The van der Waals surface area contributed by atoms with E-state index in [-0.39, 0.29) is 17.4 Å². The second-order valence-electron chi connectivity index (χ2n) is 6.85. The molecule has 1 N–H and O–H groups in total. The number of carboxylic acid groups (broad SMARTS) is 1. The maximum absolute atomic E-state index is 14.4. The maximum atomic E-state index is 14.4. The highest BCUT2D eigenvalue weighted by Gasteiger charge is 2.32. The monoisotopic (exact) mass is 307 g/mol. The van der Waals surface area contributed by atoms with E-state index in [1.165, 1.54) is 6.07 Å². The van der Waals surface area contributed by atoms with Gasteiger partial charge in [0.15, 0.2) is 0 Å². The summed E-state index contributed by atoms with van der Waals surface area (Å²) in [4.78, 5) is 25.2. The van der Waals surface area contributed by atoms with Gasteiger partial charge in [-0.1, -0.05) is 32.9 Å². The van der Waals surface area contributed by atoms with Crippen LogP contribution < -0.4 is 0 Å². The van der Waals surface area contributed by atoms with E-state index in [1.54, 1.807) is 17.0 Å². The van der Waals surface area contributed by atoms with Crippen molar-refractivity contribution in [2.45, 2.75) is 39.5 Å². The number of hydrogen-bond donors (Lipinski definition) is 1. The molecule has 1 fully saturated rings. The van der Waals surface area contributed by atoms with Gasteiger partial charge < -0.3 is 10.0 Å². The highest BCUT2D eigenvalue weighted by Crippen LogP contribution is 2.31. The Hall–Kier alpha value is -1.91. The number of aromatic carboxylic acids is 1. The van der Waals surface area contributed by atoms with Crippen LogP contribution in [0.3, 0.4) is 0 Å². The van der Waals surface area contributed by atoms with Gasteiger partial charge in [0.25, 0.3) is 0 Å². The predicted molar refractivity (Wildman–Crippen MR) is 81.4 cm³/mol. The van der Waals surface area contributed by atoms with Crippen LogP contribution in [0, 0.1) is 11.2 Å². The number of hydrogen-bond acceptors (Lipinski definition) is 2. The van der Waals surface area contributed by atoms with Gasteiger partial charge in [-0.25, -0.2) is 9.18 Å². The molecule has 1 aromatic rings. The Bertz CT molecular complexity index is 592. The SMILES string of the molecule is CC(C)(C)C(=O)N1CCC[C@@H](c2cccc(C(=O)O)c2F)C1. The first kappa shape index (κ1) is 16.5. The van der Waals surface area contributed by atoms with E-state index in [2.05, 4.69) is 0 Å². The number of piperidine rings is 1. The molecule has 0 unspecified atom stereocenters. The van der Waals surface area contributed by atoms with Gasteiger partial charge >= 0.3 is 5.97 Å². The lowest BCUT2D eigenvalue weighted by atomic mass is 9.87. The molecular formula is C17H22FNO3. The number of rotatable bonds is 2. The molecule has 22 heavy (non-hydrogen) atoms. The Morgan fingerprint density at radius 2 is 2.00 bits per heavy atom. The molecule has 0 radical (unpaired) electrons. The van der Waals surface area contributed by atoms with Gasteiger partial charge in [0.2, 0.25) is 5.91 Å². The lowest BCUT2D eigenvalue weighted by molar-refractivity contribution is -0.140. The largest absolute Gasteiger partial charge is 0.478 e. The smallest absolute Gasteiger partial charge is 0.338 e. The van der Waals surface area contributed by atoms with Crippen LogP contribution in [-0.4, -0.2) is 35.0 Å². The Balaban J connectivity index is 2.25. The van der Waals surface area contributed by atoms with Crippen molar-refractivity contribution in [2.24, 2.45) is 5.41 Å². The van der Waals surface area contributed by atoms with Gasteiger partial charge in [-0.05, 0) is 24.5 Å². The van der Waals surface area contributed by atoms with Crippen LogP contribution in [0.2, 0.25) is 0 Å². The van der Waals surface area contributed by atoms with Gasteiger partial charge in [0, 0.05) is 24.4 Å². The number of likely N-dealkylation sites (tertiary alicyclic amines) is 1. The van der Waals surface area contributed by atoms with E-state index >= 15 is 0 Å². The Morgan fingerprint density at radius 3 is 2.59 bits per heavy atom. The molecule has 0 saturated carbocycles. The van der Waals surface area contributed by atoms with Gasteiger partial charge in [-0.3, -0.25) is 4.79 Å². The topological polar surface area (TPSA) is 57.6 Å². The second kappa shape index (κ2) is 6.07. The van der Waals surface area contributed by atoms with E-state index in [4.69, 9.17) is 5.11 Å². The van der Waals surface area contributed by atoms with Crippen molar-refractivity contribution in [3.63, 3.8) is 0 Å². The molecule has 0 spiro atoms. The summed E-state index contributed by atoms with van der Waals surface area (Å²) in [6.07, 6.45) is 1.55. The number of carbonyl (C=O) groups is 2. The molecular weight excluding hydrogens is 285 g/mol. The lowest BCUT2D eigenvalue weighted by Crippen LogP contribution is -2.44. The summed E-state index contributed by atoms with van der Waals surface area (Å²) in [6.45, 7) is 6.71. The van der Waals surface area contributed by atoms with Crippen LogP contribution in [0.4, 0.5) is 4.39 Å². The summed E-state index contributed by atoms with van der Waals surface area (Å²) in [5.41, 5.74) is -0.383. The van der Waals surface area contributed by atoms with Crippen molar-refractivity contribution in [3.8, 4) is 0 Å². The molecule has 1 aliphatic heterocycles. The lowest BCUT2D eigenvalue weighted by Gasteiger charge is -2.36. The highest BCUT2D eigenvalue weighted by atomic mass is 19.1. The summed E-state index contributed by atoms with van der Waals surface area (Å²) >= 11 is 0. The number of carbonyl (C=O) groups excluding carboxylic acids is 1. The zero-order valence-electron chi connectivity index (χ0n) is 13.2. The van der Waals surface area contributed by atoms with Gasteiger partial charge in [-0.2, -0.15) is 0 Å². The number of amides is 1.